The molecule has 408 valence electrons. The van der Waals surface area contributed by atoms with E-state index in [1.54, 1.807) is 198 Å². The number of terminal acetylenes is 1. The second-order valence-corrected chi connectivity index (χ2v) is 23.3. The molecule has 79 heavy (non-hydrogen) atoms. The number of carbonyl (C=O) groups is 4. The van der Waals surface area contributed by atoms with E-state index in [-0.39, 0.29) is 17.2 Å². The van der Waals surface area contributed by atoms with E-state index in [4.69, 9.17) is 44.3 Å². The maximum absolute atomic E-state index is 12.4. The minimum Gasteiger partial charge on any atom is -0.428 e. The third-order valence-electron chi connectivity index (χ3n) is 8.82. The Hall–Kier alpha value is -7.92. The van der Waals surface area contributed by atoms with Gasteiger partial charge in [-0.25, -0.2) is 19.2 Å². The fourth-order valence-corrected chi connectivity index (χ4v) is 8.28. The molecule has 0 aliphatic heterocycles. The van der Waals surface area contributed by atoms with Crippen LogP contribution in [0.1, 0.15) is 122 Å². The van der Waals surface area contributed by atoms with Crippen LogP contribution >= 0.6 is 47.8 Å². The first-order valence-electron chi connectivity index (χ1n) is 24.2. The van der Waals surface area contributed by atoms with Crippen LogP contribution in [0.3, 0.4) is 0 Å². The predicted octanol–water partition coefficient (Wildman–Crippen LogP) is 16.8. The molecule has 0 spiro atoms. The normalized spacial score (nSPS) is 10.6. The van der Waals surface area contributed by atoms with E-state index in [2.05, 4.69) is 89.2 Å². The number of hydrogen-bond donors (Lipinski definition) is 0. The van der Waals surface area contributed by atoms with Crippen molar-refractivity contribution in [3.63, 3.8) is 0 Å². The molecule has 6 aromatic rings. The Morgan fingerprint density at radius 2 is 0.557 bits per heavy atom. The summed E-state index contributed by atoms with van der Waals surface area (Å²) in [5, 5.41) is 0. The number of ether oxygens (including phenoxy) is 8. The Labute approximate surface area is 488 Å². The van der Waals surface area contributed by atoms with Gasteiger partial charge in [0, 0.05) is 30.1 Å². The summed E-state index contributed by atoms with van der Waals surface area (Å²) in [6, 6.07) is 38.7. The molecule has 0 N–H and O–H groups in total. The highest BCUT2D eigenvalue weighted by atomic mass is 79.9. The minimum atomic E-state index is -0.849. The lowest BCUT2D eigenvalue weighted by atomic mass is 10.0. The number of halogens is 3. The van der Waals surface area contributed by atoms with E-state index < -0.39 is 47.0 Å². The second-order valence-electron chi connectivity index (χ2n) is 20.5. The van der Waals surface area contributed by atoms with Crippen molar-refractivity contribution in [2.45, 2.75) is 105 Å². The van der Waals surface area contributed by atoms with Crippen LogP contribution in [0.4, 0.5) is 19.2 Å². The largest absolute Gasteiger partial charge is 0.514 e. The smallest absolute Gasteiger partial charge is 0.428 e. The number of benzene rings is 6. The van der Waals surface area contributed by atoms with Crippen molar-refractivity contribution < 1.29 is 57.1 Å². The van der Waals surface area contributed by atoms with E-state index >= 15 is 0 Å². The van der Waals surface area contributed by atoms with Crippen molar-refractivity contribution in [1.82, 2.24) is 0 Å². The van der Waals surface area contributed by atoms with Crippen LogP contribution in [0, 0.1) is 47.9 Å². The molecule has 0 atom stereocenters. The van der Waals surface area contributed by atoms with Gasteiger partial charge in [-0.15, -0.1) is 6.42 Å². The molecule has 0 radical (unpaired) electrons. The van der Waals surface area contributed by atoms with E-state index in [9.17, 15) is 19.2 Å². The van der Waals surface area contributed by atoms with Crippen LogP contribution in [0.15, 0.2) is 147 Å². The lowest BCUT2D eigenvalue weighted by Gasteiger charge is -2.18. The fourth-order valence-electron chi connectivity index (χ4n) is 5.88. The summed E-state index contributed by atoms with van der Waals surface area (Å²) < 4.78 is 45.6. The maximum atomic E-state index is 12.4. The topological polar surface area (TPSA) is 142 Å². The summed E-state index contributed by atoms with van der Waals surface area (Å²) in [6.45, 7) is 21.0. The van der Waals surface area contributed by atoms with Gasteiger partial charge in [-0.05, 0) is 168 Å². The van der Waals surface area contributed by atoms with Crippen molar-refractivity contribution >= 4 is 72.4 Å². The molecule has 0 fully saturated rings. The Morgan fingerprint density at radius 3 is 0.785 bits per heavy atom. The van der Waals surface area contributed by atoms with E-state index in [1.165, 1.54) is 0 Å². The van der Waals surface area contributed by atoms with Gasteiger partial charge < -0.3 is 37.9 Å². The summed E-state index contributed by atoms with van der Waals surface area (Å²) in [6.07, 6.45) is 1.97. The molecule has 0 aliphatic rings. The Morgan fingerprint density at radius 1 is 0.342 bits per heavy atom. The van der Waals surface area contributed by atoms with Gasteiger partial charge in [-0.3, -0.25) is 0 Å². The lowest BCUT2D eigenvalue weighted by Crippen LogP contribution is -2.26. The molecule has 12 nitrogen and oxygen atoms in total. The highest BCUT2D eigenvalue weighted by Crippen LogP contribution is 2.25. The maximum Gasteiger partial charge on any atom is 0.514 e. The molecular formula is C64H59Br3O12. The molecule has 0 aromatic heterocycles. The number of carbonyl (C=O) groups excluding carboxylic acids is 4. The average Bonchev–Trinajstić information content (AvgIpc) is 3.31. The molecule has 0 unspecified atom stereocenters. The molecular weight excluding hydrogens is 1200 g/mol. The first-order valence-corrected chi connectivity index (χ1v) is 26.6. The van der Waals surface area contributed by atoms with Crippen molar-refractivity contribution in [3.8, 4) is 70.9 Å². The Balaban J connectivity index is 0.000000437. The van der Waals surface area contributed by atoms with Crippen molar-refractivity contribution in [2.24, 2.45) is 0 Å². The number of para-hydroxylation sites is 4. The molecule has 6 aromatic carbocycles. The number of rotatable bonds is 4. The average molecular weight is 1260 g/mol. The predicted molar refractivity (Wildman–Crippen MR) is 315 cm³/mol. The van der Waals surface area contributed by atoms with E-state index in [0.717, 1.165) is 13.4 Å². The molecule has 6 rings (SSSR count). The van der Waals surface area contributed by atoms with Gasteiger partial charge in [0.1, 0.15) is 45.4 Å². The zero-order valence-corrected chi connectivity index (χ0v) is 50.6. The standard InChI is InChI=1S/C45H42O9.C13H14O3.C6H3Br3/c1-43(2,3)52-40(46)49-37-19-13-10-16-34(37)25-22-31-28-32(23-26-35-17-11-14-20-38(35)50-41(47)53-44(4,5)6)30-33(29-31)24-27-36-18-12-15-21-39(36)51-42(48)54-45(7,8)9;1-5-10-8-6-7-9-11(10)15-12(14)16-13(2,3)4;7-4-1-5(8)3-6(9)2-4/h10-21,28-30H,1-9H3;1,6-9H,2-4H3;1-3H. The molecule has 0 amide bonds. The summed E-state index contributed by atoms with van der Waals surface area (Å²) in [4.78, 5) is 48.6. The van der Waals surface area contributed by atoms with Gasteiger partial charge >= 0.3 is 24.6 Å². The minimum absolute atomic E-state index is 0.235. The Kier molecular flexibility index (Phi) is 23.5. The molecule has 0 saturated carbocycles. The zero-order valence-electron chi connectivity index (χ0n) is 45.8. The zero-order chi connectivity index (χ0) is 58.6. The van der Waals surface area contributed by atoms with Gasteiger partial charge in [-0.2, -0.15) is 0 Å². The van der Waals surface area contributed by atoms with Crippen LogP contribution in [-0.2, 0) is 18.9 Å². The molecule has 0 heterocycles. The Bertz CT molecular complexity index is 3070. The summed E-state index contributed by atoms with van der Waals surface area (Å²) in [5.41, 5.74) is 0.746. The van der Waals surface area contributed by atoms with Crippen LogP contribution in [0.5, 0.6) is 23.0 Å². The van der Waals surface area contributed by atoms with Crippen molar-refractivity contribution in [2.75, 3.05) is 0 Å². The van der Waals surface area contributed by atoms with E-state index in [1.807, 2.05) is 18.2 Å². The molecule has 15 heteroatoms. The van der Waals surface area contributed by atoms with Gasteiger partial charge in [0.2, 0.25) is 0 Å². The summed E-state index contributed by atoms with van der Waals surface area (Å²) in [7, 11) is 0. The third-order valence-corrected chi connectivity index (χ3v) is 10.2. The fraction of sp³-hybridized carbons (Fsp3) is 0.250. The highest BCUT2D eigenvalue weighted by molar-refractivity contribution is 9.11. The van der Waals surface area contributed by atoms with Crippen LogP contribution < -0.4 is 18.9 Å². The first kappa shape index (κ1) is 63.6. The van der Waals surface area contributed by atoms with Crippen LogP contribution in [-0.4, -0.2) is 47.0 Å². The van der Waals surface area contributed by atoms with Gasteiger partial charge in [0.15, 0.2) is 0 Å². The van der Waals surface area contributed by atoms with Crippen LogP contribution in [0.25, 0.3) is 0 Å². The molecule has 0 aliphatic carbocycles. The summed E-state index contributed by atoms with van der Waals surface area (Å²) >= 11 is 10.1. The molecule has 0 bridgehead atoms. The van der Waals surface area contributed by atoms with Gasteiger partial charge in [-0.1, -0.05) is 138 Å². The van der Waals surface area contributed by atoms with Crippen molar-refractivity contribution in [1.29, 1.82) is 0 Å². The third kappa shape index (κ3) is 25.4. The van der Waals surface area contributed by atoms with Crippen molar-refractivity contribution in [3.05, 3.63) is 186 Å². The van der Waals surface area contributed by atoms with E-state index in [0.29, 0.717) is 44.7 Å². The van der Waals surface area contributed by atoms with Gasteiger partial charge in [0.25, 0.3) is 0 Å². The quantitative estimate of drug-likeness (QED) is 0.0717. The second kappa shape index (κ2) is 29.2. The lowest BCUT2D eigenvalue weighted by molar-refractivity contribution is 0.0192. The highest BCUT2D eigenvalue weighted by Gasteiger charge is 2.22. The first-order chi connectivity index (χ1) is 36.9. The summed E-state index contributed by atoms with van der Waals surface area (Å²) in [5.74, 6) is 22.1. The molecule has 0 saturated heterocycles. The number of hydrogen-bond acceptors (Lipinski definition) is 12. The van der Waals surface area contributed by atoms with Crippen LogP contribution in [0.2, 0.25) is 0 Å². The SMILES string of the molecule is Brc1cc(Br)cc(Br)c1.C#Cc1ccccc1OC(=O)OC(C)(C)C.CC(C)(C)OC(=O)Oc1ccccc1C#Cc1cc(C#Cc2ccccc2OC(=O)OC(C)(C)C)cc(C#Cc2ccccc2OC(=O)OC(C)(C)C)c1. The monoisotopic (exact) mass is 1260 g/mol. The van der Waals surface area contributed by atoms with Gasteiger partial charge in [0.05, 0.1) is 22.3 Å².